The van der Waals surface area contributed by atoms with Gasteiger partial charge >= 0.3 is 5.82 Å². The molecule has 1 aromatic carbocycles. The van der Waals surface area contributed by atoms with Gasteiger partial charge in [-0.25, -0.2) is 0 Å². The molecule has 1 aromatic heterocycles. The molecule has 0 amide bonds. The van der Waals surface area contributed by atoms with E-state index in [0.29, 0.717) is 6.42 Å². The molecule has 0 aliphatic carbocycles. The standard InChI is InChI=1S/C14H12ClN3O2/c1-3-4-5-11-7-6-10(2)12(8-11)17-13(15)9-14(16-17)18(19)20/h6-9H,5H2,1-2H3. The number of rotatable bonds is 3. The number of aryl methyl sites for hydroxylation is 1. The van der Waals surface area contributed by atoms with Crippen molar-refractivity contribution in [2.45, 2.75) is 20.3 Å². The lowest BCUT2D eigenvalue weighted by atomic mass is 10.1. The van der Waals surface area contributed by atoms with Crippen LogP contribution in [0.25, 0.3) is 5.69 Å². The minimum Gasteiger partial charge on any atom is -0.358 e. The number of halogens is 1. The van der Waals surface area contributed by atoms with Gasteiger partial charge in [0.2, 0.25) is 0 Å². The highest BCUT2D eigenvalue weighted by molar-refractivity contribution is 6.30. The molecule has 0 unspecified atom stereocenters. The molecule has 0 atom stereocenters. The van der Waals surface area contributed by atoms with Crippen molar-refractivity contribution >= 4 is 17.4 Å². The van der Waals surface area contributed by atoms with E-state index in [-0.39, 0.29) is 11.0 Å². The number of aromatic nitrogens is 2. The summed E-state index contributed by atoms with van der Waals surface area (Å²) in [5, 5.41) is 14.9. The van der Waals surface area contributed by atoms with Crippen molar-refractivity contribution in [2.24, 2.45) is 0 Å². The van der Waals surface area contributed by atoms with E-state index in [2.05, 4.69) is 16.9 Å². The van der Waals surface area contributed by atoms with Crippen molar-refractivity contribution in [3.05, 3.63) is 50.7 Å². The second-order valence-electron chi connectivity index (χ2n) is 4.22. The van der Waals surface area contributed by atoms with E-state index >= 15 is 0 Å². The van der Waals surface area contributed by atoms with E-state index in [1.807, 2.05) is 25.1 Å². The Hall–Kier alpha value is -2.32. The fourth-order valence-corrected chi connectivity index (χ4v) is 2.01. The largest absolute Gasteiger partial charge is 0.392 e. The van der Waals surface area contributed by atoms with Gasteiger partial charge in [0.05, 0.1) is 16.9 Å². The van der Waals surface area contributed by atoms with Gasteiger partial charge in [-0.15, -0.1) is 10.6 Å². The maximum absolute atomic E-state index is 10.7. The maximum Gasteiger partial charge on any atom is 0.392 e. The highest BCUT2D eigenvalue weighted by Crippen LogP contribution is 2.24. The average Bonchev–Trinajstić information content (AvgIpc) is 2.80. The smallest absolute Gasteiger partial charge is 0.358 e. The summed E-state index contributed by atoms with van der Waals surface area (Å²) in [4.78, 5) is 10.2. The van der Waals surface area contributed by atoms with Crippen LogP contribution in [0.15, 0.2) is 24.3 Å². The summed E-state index contributed by atoms with van der Waals surface area (Å²) in [5.41, 5.74) is 2.66. The van der Waals surface area contributed by atoms with Crippen LogP contribution in [0.5, 0.6) is 0 Å². The van der Waals surface area contributed by atoms with E-state index in [4.69, 9.17) is 11.6 Å². The first-order valence-electron chi connectivity index (χ1n) is 5.92. The lowest BCUT2D eigenvalue weighted by molar-refractivity contribution is -0.389. The van der Waals surface area contributed by atoms with Crippen LogP contribution in [0.2, 0.25) is 5.15 Å². The molecule has 0 aliphatic rings. The zero-order valence-corrected chi connectivity index (χ0v) is 11.8. The van der Waals surface area contributed by atoms with Gasteiger partial charge in [0.25, 0.3) is 0 Å². The first-order valence-corrected chi connectivity index (χ1v) is 6.30. The van der Waals surface area contributed by atoms with Crippen molar-refractivity contribution in [1.82, 2.24) is 9.78 Å². The molecule has 5 nitrogen and oxygen atoms in total. The molecule has 2 rings (SSSR count). The minimum atomic E-state index is -0.565. The molecular weight excluding hydrogens is 278 g/mol. The fraction of sp³-hybridized carbons (Fsp3) is 0.214. The highest BCUT2D eigenvalue weighted by atomic mass is 35.5. The lowest BCUT2D eigenvalue weighted by Crippen LogP contribution is -2.01. The first kappa shape index (κ1) is 14.1. The van der Waals surface area contributed by atoms with Crippen molar-refractivity contribution in [3.63, 3.8) is 0 Å². The molecule has 102 valence electrons. The molecule has 0 bridgehead atoms. The summed E-state index contributed by atoms with van der Waals surface area (Å²) in [6.07, 6.45) is 0.616. The molecule has 0 radical (unpaired) electrons. The molecule has 0 spiro atoms. The first-order chi connectivity index (χ1) is 9.52. The Kier molecular flexibility index (Phi) is 4.06. The molecule has 0 saturated heterocycles. The van der Waals surface area contributed by atoms with Gasteiger partial charge in [-0.05, 0) is 36.0 Å². The van der Waals surface area contributed by atoms with Crippen molar-refractivity contribution in [3.8, 4) is 17.5 Å². The van der Waals surface area contributed by atoms with Crippen LogP contribution in [-0.4, -0.2) is 14.7 Å². The SMILES string of the molecule is CC#CCc1ccc(C)c(-n2nc([N+](=O)[O-])cc2Cl)c1. The summed E-state index contributed by atoms with van der Waals surface area (Å²) in [6.45, 7) is 3.68. The van der Waals surface area contributed by atoms with Crippen LogP contribution >= 0.6 is 11.6 Å². The maximum atomic E-state index is 10.7. The molecular formula is C14H12ClN3O2. The van der Waals surface area contributed by atoms with E-state index in [9.17, 15) is 10.1 Å². The Bertz CT molecular complexity index is 726. The Morgan fingerprint density at radius 2 is 2.20 bits per heavy atom. The third kappa shape index (κ3) is 2.81. The number of nitro groups is 1. The third-order valence-electron chi connectivity index (χ3n) is 2.81. The number of benzene rings is 1. The molecule has 0 saturated carbocycles. The Balaban J connectivity index is 2.50. The Morgan fingerprint density at radius 1 is 1.45 bits per heavy atom. The van der Waals surface area contributed by atoms with Gasteiger partial charge in [0.1, 0.15) is 0 Å². The summed E-state index contributed by atoms with van der Waals surface area (Å²) < 4.78 is 1.37. The molecule has 0 fully saturated rings. The van der Waals surface area contributed by atoms with Crippen molar-refractivity contribution in [2.75, 3.05) is 0 Å². The lowest BCUT2D eigenvalue weighted by Gasteiger charge is -2.05. The molecule has 0 N–H and O–H groups in total. The second kappa shape index (κ2) is 5.76. The molecule has 0 aliphatic heterocycles. The predicted molar refractivity (Wildman–Crippen MR) is 77.1 cm³/mol. The van der Waals surface area contributed by atoms with Crippen molar-refractivity contribution in [1.29, 1.82) is 0 Å². The monoisotopic (exact) mass is 289 g/mol. The highest BCUT2D eigenvalue weighted by Gasteiger charge is 2.19. The van der Waals surface area contributed by atoms with Gasteiger partial charge in [-0.3, -0.25) is 0 Å². The quantitative estimate of drug-likeness (QED) is 0.495. The summed E-state index contributed by atoms with van der Waals surface area (Å²) >= 11 is 6.02. The number of hydrogen-bond acceptors (Lipinski definition) is 3. The summed E-state index contributed by atoms with van der Waals surface area (Å²) in [5.74, 6) is 5.54. The van der Waals surface area contributed by atoms with Crippen LogP contribution in [-0.2, 0) is 6.42 Å². The fourth-order valence-electron chi connectivity index (χ4n) is 1.79. The van der Waals surface area contributed by atoms with E-state index < -0.39 is 4.92 Å². The van der Waals surface area contributed by atoms with Gasteiger partial charge < -0.3 is 10.1 Å². The molecule has 2 aromatic rings. The Morgan fingerprint density at radius 3 is 2.80 bits per heavy atom. The summed E-state index contributed by atoms with van der Waals surface area (Å²) in [7, 11) is 0. The van der Waals surface area contributed by atoms with Gasteiger partial charge in [-0.2, -0.15) is 0 Å². The van der Waals surface area contributed by atoms with Crippen LogP contribution in [0, 0.1) is 28.9 Å². The van der Waals surface area contributed by atoms with Crippen LogP contribution in [0.1, 0.15) is 18.1 Å². The topological polar surface area (TPSA) is 61.0 Å². The summed E-state index contributed by atoms with van der Waals surface area (Å²) in [6, 6.07) is 7.02. The van der Waals surface area contributed by atoms with Crippen molar-refractivity contribution < 1.29 is 4.92 Å². The molecule has 20 heavy (non-hydrogen) atoms. The normalized spacial score (nSPS) is 9.95. The second-order valence-corrected chi connectivity index (χ2v) is 4.61. The number of nitrogens with zero attached hydrogens (tertiary/aromatic N) is 3. The average molecular weight is 290 g/mol. The van der Waals surface area contributed by atoms with Crippen LogP contribution in [0.3, 0.4) is 0 Å². The Labute approximate surface area is 121 Å². The predicted octanol–water partition coefficient (Wildman–Crippen LogP) is 3.31. The van der Waals surface area contributed by atoms with Gasteiger partial charge in [0.15, 0.2) is 5.15 Å². The molecule has 1 heterocycles. The van der Waals surface area contributed by atoms with E-state index in [0.717, 1.165) is 16.8 Å². The van der Waals surface area contributed by atoms with Crippen LogP contribution in [0.4, 0.5) is 5.82 Å². The van der Waals surface area contributed by atoms with Crippen LogP contribution < -0.4 is 0 Å². The third-order valence-corrected chi connectivity index (χ3v) is 3.08. The van der Waals surface area contributed by atoms with E-state index in [1.54, 1.807) is 6.92 Å². The number of hydrogen-bond donors (Lipinski definition) is 0. The molecule has 6 heteroatoms. The van der Waals surface area contributed by atoms with E-state index in [1.165, 1.54) is 10.7 Å². The minimum absolute atomic E-state index is 0.207. The zero-order valence-electron chi connectivity index (χ0n) is 11.1. The zero-order chi connectivity index (χ0) is 14.7. The van der Waals surface area contributed by atoms with Gasteiger partial charge in [-0.1, -0.05) is 29.7 Å². The van der Waals surface area contributed by atoms with Gasteiger partial charge in [0, 0.05) is 6.42 Å².